The summed E-state index contributed by atoms with van der Waals surface area (Å²) in [5, 5.41) is 27.0. The minimum Gasteiger partial charge on any atom is -0.424 e. The van der Waals surface area contributed by atoms with Crippen LogP contribution in [0.25, 0.3) is 11.3 Å². The van der Waals surface area contributed by atoms with Crippen molar-refractivity contribution in [1.29, 1.82) is 5.26 Å². The van der Waals surface area contributed by atoms with Crippen molar-refractivity contribution in [3.8, 4) is 17.4 Å². The van der Waals surface area contributed by atoms with Crippen LogP contribution in [0.3, 0.4) is 0 Å². The molecule has 3 aromatic rings. The number of nitrogens with zero attached hydrogens (tertiary/aromatic N) is 3. The SMILES string of the molecule is CC(C)(O)c1cccc(-c2cnc(N[C@@H]3CCCC[C@H]3N[C@H]3CCCN(c4ccc(C#N)cc4)C3)o2)c1. The van der Waals surface area contributed by atoms with Crippen molar-refractivity contribution in [2.75, 3.05) is 23.3 Å². The van der Waals surface area contributed by atoms with Gasteiger partial charge in [-0.25, -0.2) is 4.98 Å². The first-order valence-electron chi connectivity index (χ1n) is 13.5. The third kappa shape index (κ3) is 6.15. The van der Waals surface area contributed by atoms with Crippen LogP contribution in [-0.2, 0) is 5.60 Å². The molecule has 194 valence electrons. The summed E-state index contributed by atoms with van der Waals surface area (Å²) in [4.78, 5) is 6.95. The lowest BCUT2D eigenvalue weighted by Crippen LogP contribution is -2.54. The maximum Gasteiger partial charge on any atom is 0.295 e. The molecular formula is C30H37N5O2. The van der Waals surface area contributed by atoms with Gasteiger partial charge < -0.3 is 25.1 Å². The first-order chi connectivity index (χ1) is 17.9. The highest BCUT2D eigenvalue weighted by Gasteiger charge is 2.30. The van der Waals surface area contributed by atoms with E-state index in [1.54, 1.807) is 20.0 Å². The van der Waals surface area contributed by atoms with E-state index in [9.17, 15) is 5.11 Å². The number of nitrogens with one attached hydrogen (secondary N) is 2. The van der Waals surface area contributed by atoms with E-state index in [1.807, 2.05) is 36.4 Å². The zero-order valence-electron chi connectivity index (χ0n) is 21.8. The molecule has 37 heavy (non-hydrogen) atoms. The molecule has 1 aliphatic carbocycles. The van der Waals surface area contributed by atoms with Crippen LogP contribution in [0.2, 0.25) is 0 Å². The molecular weight excluding hydrogens is 462 g/mol. The van der Waals surface area contributed by atoms with Gasteiger partial charge in [-0.15, -0.1) is 0 Å². The van der Waals surface area contributed by atoms with Crippen molar-refractivity contribution in [1.82, 2.24) is 10.3 Å². The summed E-state index contributed by atoms with van der Waals surface area (Å²) in [6.07, 6.45) is 8.70. The number of piperidine rings is 1. The number of benzene rings is 2. The molecule has 3 atom stereocenters. The number of hydrogen-bond acceptors (Lipinski definition) is 7. The largest absolute Gasteiger partial charge is 0.424 e. The van der Waals surface area contributed by atoms with E-state index < -0.39 is 5.60 Å². The first kappa shape index (κ1) is 25.3. The highest BCUT2D eigenvalue weighted by molar-refractivity contribution is 5.59. The summed E-state index contributed by atoms with van der Waals surface area (Å²) in [5.41, 5.74) is 2.72. The van der Waals surface area contributed by atoms with Crippen LogP contribution in [0.5, 0.6) is 0 Å². The molecule has 1 saturated heterocycles. The van der Waals surface area contributed by atoms with Gasteiger partial charge in [0.25, 0.3) is 6.01 Å². The molecule has 2 aromatic carbocycles. The van der Waals surface area contributed by atoms with E-state index in [4.69, 9.17) is 9.68 Å². The lowest BCUT2D eigenvalue weighted by molar-refractivity contribution is 0.0786. The van der Waals surface area contributed by atoms with Gasteiger partial charge in [-0.2, -0.15) is 5.26 Å². The molecule has 7 heteroatoms. The standard InChI is InChI=1S/C30H37N5O2/c1-30(2,36)23-8-5-7-22(17-23)28-19-32-29(37-28)34-27-11-4-3-10-26(27)33-24-9-6-16-35(20-24)25-14-12-21(18-31)13-15-25/h5,7-8,12-15,17,19,24,26-27,33,36H,3-4,6,9-11,16,20H2,1-2H3,(H,32,34)/t24-,26+,27+/m0/s1. The van der Waals surface area contributed by atoms with Gasteiger partial charge in [0.15, 0.2) is 5.76 Å². The fourth-order valence-corrected chi connectivity index (χ4v) is 5.59. The predicted octanol–water partition coefficient (Wildman–Crippen LogP) is 5.42. The van der Waals surface area contributed by atoms with Crippen molar-refractivity contribution in [3.63, 3.8) is 0 Å². The Morgan fingerprint density at radius 3 is 2.59 bits per heavy atom. The van der Waals surface area contributed by atoms with Gasteiger partial charge in [-0.3, -0.25) is 0 Å². The van der Waals surface area contributed by atoms with E-state index in [0.717, 1.165) is 49.9 Å². The van der Waals surface area contributed by atoms with Crippen LogP contribution in [0, 0.1) is 11.3 Å². The molecule has 0 radical (unpaired) electrons. The Hall–Kier alpha value is -3.34. The number of oxazole rings is 1. The Morgan fingerprint density at radius 1 is 1.05 bits per heavy atom. The number of nitriles is 1. The smallest absolute Gasteiger partial charge is 0.295 e. The summed E-state index contributed by atoms with van der Waals surface area (Å²) >= 11 is 0. The summed E-state index contributed by atoms with van der Waals surface area (Å²) in [7, 11) is 0. The molecule has 5 rings (SSSR count). The highest BCUT2D eigenvalue weighted by atomic mass is 16.4. The van der Waals surface area contributed by atoms with E-state index in [2.05, 4.69) is 38.7 Å². The molecule has 2 heterocycles. The van der Waals surface area contributed by atoms with Gasteiger partial charge in [0, 0.05) is 42.5 Å². The van der Waals surface area contributed by atoms with E-state index in [0.29, 0.717) is 29.4 Å². The third-order valence-corrected chi connectivity index (χ3v) is 7.67. The topological polar surface area (TPSA) is 97.4 Å². The zero-order valence-corrected chi connectivity index (χ0v) is 21.8. The second-order valence-corrected chi connectivity index (χ2v) is 10.9. The van der Waals surface area contributed by atoms with E-state index in [1.165, 1.54) is 18.5 Å². The minimum atomic E-state index is -0.910. The van der Waals surface area contributed by atoms with Crippen molar-refractivity contribution in [2.24, 2.45) is 0 Å². The number of aromatic nitrogens is 1. The molecule has 1 aliphatic heterocycles. The maximum absolute atomic E-state index is 10.4. The number of hydrogen-bond donors (Lipinski definition) is 3. The van der Waals surface area contributed by atoms with Crippen LogP contribution in [0.15, 0.2) is 59.1 Å². The van der Waals surface area contributed by atoms with Crippen LogP contribution < -0.4 is 15.5 Å². The van der Waals surface area contributed by atoms with Crippen LogP contribution >= 0.6 is 0 Å². The van der Waals surface area contributed by atoms with Gasteiger partial charge in [-0.05, 0) is 75.4 Å². The molecule has 0 spiro atoms. The predicted molar refractivity (Wildman–Crippen MR) is 146 cm³/mol. The molecule has 2 fully saturated rings. The molecule has 0 bridgehead atoms. The molecule has 1 aromatic heterocycles. The van der Waals surface area contributed by atoms with Crippen LogP contribution in [-0.4, -0.2) is 41.3 Å². The first-order valence-corrected chi connectivity index (χ1v) is 13.5. The number of anilines is 2. The van der Waals surface area contributed by atoms with Crippen molar-refractivity contribution < 1.29 is 9.52 Å². The van der Waals surface area contributed by atoms with Gasteiger partial charge in [-0.1, -0.05) is 31.0 Å². The molecule has 0 unspecified atom stereocenters. The Morgan fingerprint density at radius 2 is 1.84 bits per heavy atom. The normalized spacial score (nSPS) is 22.4. The fourth-order valence-electron chi connectivity index (χ4n) is 5.59. The Labute approximate surface area is 219 Å². The second kappa shape index (κ2) is 11.0. The van der Waals surface area contributed by atoms with Crippen molar-refractivity contribution >= 4 is 11.7 Å². The molecule has 0 amide bonds. The average molecular weight is 500 g/mol. The summed E-state index contributed by atoms with van der Waals surface area (Å²) < 4.78 is 6.11. The maximum atomic E-state index is 10.4. The fraction of sp³-hybridized carbons (Fsp3) is 0.467. The minimum absolute atomic E-state index is 0.258. The molecule has 7 nitrogen and oxygen atoms in total. The Kier molecular flexibility index (Phi) is 7.50. The molecule has 3 N–H and O–H groups in total. The van der Waals surface area contributed by atoms with E-state index >= 15 is 0 Å². The van der Waals surface area contributed by atoms with Gasteiger partial charge in [0.1, 0.15) is 0 Å². The lowest BCUT2D eigenvalue weighted by Gasteiger charge is -2.40. The number of aliphatic hydroxyl groups is 1. The quantitative estimate of drug-likeness (QED) is 0.399. The van der Waals surface area contributed by atoms with Crippen molar-refractivity contribution in [2.45, 2.75) is 76.1 Å². The lowest BCUT2D eigenvalue weighted by atomic mass is 9.89. The zero-order chi connectivity index (χ0) is 25.8. The van der Waals surface area contributed by atoms with Gasteiger partial charge in [0.2, 0.25) is 0 Å². The Bertz CT molecular complexity index is 1220. The summed E-state index contributed by atoms with van der Waals surface area (Å²) in [6, 6.07) is 19.5. The van der Waals surface area contributed by atoms with Gasteiger partial charge in [0.05, 0.1) is 23.4 Å². The van der Waals surface area contributed by atoms with Gasteiger partial charge >= 0.3 is 0 Å². The monoisotopic (exact) mass is 499 g/mol. The Balaban J connectivity index is 1.23. The summed E-state index contributed by atoms with van der Waals surface area (Å²) in [6.45, 7) is 5.58. The molecule has 2 aliphatic rings. The third-order valence-electron chi connectivity index (χ3n) is 7.67. The van der Waals surface area contributed by atoms with E-state index in [-0.39, 0.29) is 6.04 Å². The van der Waals surface area contributed by atoms with Crippen LogP contribution in [0.1, 0.15) is 63.5 Å². The van der Waals surface area contributed by atoms with Crippen LogP contribution in [0.4, 0.5) is 11.7 Å². The van der Waals surface area contributed by atoms with Crippen molar-refractivity contribution in [3.05, 3.63) is 65.9 Å². The second-order valence-electron chi connectivity index (χ2n) is 10.9. The highest BCUT2D eigenvalue weighted by Crippen LogP contribution is 2.30. The summed E-state index contributed by atoms with van der Waals surface area (Å²) in [5.74, 6) is 0.694. The number of rotatable bonds is 7. The molecule has 1 saturated carbocycles. The average Bonchev–Trinajstić information content (AvgIpc) is 3.38.